The number of amides is 2. The highest BCUT2D eigenvalue weighted by atomic mass is 16.2. The molecule has 3 N–H and O–H groups in total. The molecule has 2 aliphatic heterocycles. The maximum atomic E-state index is 12.2. The van der Waals surface area contributed by atoms with Crippen LogP contribution in [0.15, 0.2) is 18.3 Å². The van der Waals surface area contributed by atoms with Crippen molar-refractivity contribution in [2.45, 2.75) is 44.2 Å². The quantitative estimate of drug-likeness (QED) is 0.684. The molecule has 1 aromatic heterocycles. The van der Waals surface area contributed by atoms with Crippen molar-refractivity contribution in [1.29, 1.82) is 0 Å². The van der Waals surface area contributed by atoms with Gasteiger partial charge in [0.15, 0.2) is 5.82 Å². The van der Waals surface area contributed by atoms with E-state index >= 15 is 0 Å². The second-order valence-corrected chi connectivity index (χ2v) is 6.65. The Bertz CT molecular complexity index is 582. The van der Waals surface area contributed by atoms with Gasteiger partial charge in [-0.15, -0.1) is 5.10 Å². The molecule has 8 heteroatoms. The predicted octanol–water partition coefficient (Wildman–Crippen LogP) is -0.180. The van der Waals surface area contributed by atoms with Crippen molar-refractivity contribution in [1.82, 2.24) is 26.1 Å². The van der Waals surface area contributed by atoms with E-state index in [1.165, 1.54) is 0 Å². The summed E-state index contributed by atoms with van der Waals surface area (Å²) in [5.41, 5.74) is 0. The minimum Gasteiger partial charge on any atom is -0.354 e. The topological polar surface area (TPSA) is 99.2 Å². The molecule has 3 heterocycles. The lowest BCUT2D eigenvalue weighted by Crippen LogP contribution is -2.51. The summed E-state index contributed by atoms with van der Waals surface area (Å²) < 4.78 is 0. The summed E-state index contributed by atoms with van der Waals surface area (Å²) in [7, 11) is 0. The molecule has 3 rings (SSSR count). The zero-order chi connectivity index (χ0) is 17.5. The van der Waals surface area contributed by atoms with E-state index in [0.717, 1.165) is 44.6 Å². The van der Waals surface area contributed by atoms with Crippen molar-refractivity contribution >= 4 is 17.6 Å². The molecule has 2 amide bonds. The summed E-state index contributed by atoms with van der Waals surface area (Å²) in [5.74, 6) is 0.671. The van der Waals surface area contributed by atoms with Gasteiger partial charge in [0.1, 0.15) is 6.04 Å². The molecule has 25 heavy (non-hydrogen) atoms. The lowest BCUT2D eigenvalue weighted by molar-refractivity contribution is -0.128. The molecule has 1 aromatic rings. The van der Waals surface area contributed by atoms with Gasteiger partial charge in [0.05, 0.1) is 6.54 Å². The van der Waals surface area contributed by atoms with Crippen molar-refractivity contribution < 1.29 is 9.59 Å². The molecule has 0 aromatic carbocycles. The molecule has 2 aliphatic rings. The summed E-state index contributed by atoms with van der Waals surface area (Å²) >= 11 is 0. The number of nitrogens with one attached hydrogen (secondary N) is 3. The monoisotopic (exact) mass is 346 g/mol. The lowest BCUT2D eigenvalue weighted by Gasteiger charge is -2.33. The highest BCUT2D eigenvalue weighted by Crippen LogP contribution is 2.16. The van der Waals surface area contributed by atoms with Crippen molar-refractivity contribution in [2.75, 3.05) is 31.1 Å². The van der Waals surface area contributed by atoms with Gasteiger partial charge in [0.25, 0.3) is 0 Å². The van der Waals surface area contributed by atoms with E-state index in [2.05, 4.69) is 31.0 Å². The zero-order valence-corrected chi connectivity index (χ0v) is 14.4. The van der Waals surface area contributed by atoms with E-state index in [4.69, 9.17) is 0 Å². The average Bonchev–Trinajstić information content (AvgIpc) is 2.85. The van der Waals surface area contributed by atoms with E-state index in [0.29, 0.717) is 13.0 Å². The first-order chi connectivity index (χ1) is 12.2. The molecule has 2 atom stereocenters. The molecule has 0 aliphatic carbocycles. The Morgan fingerprint density at radius 1 is 1.32 bits per heavy atom. The van der Waals surface area contributed by atoms with Gasteiger partial charge in [-0.05, 0) is 44.2 Å². The number of nitrogens with zero attached hydrogens (tertiary/aromatic N) is 3. The molecule has 0 radical (unpaired) electrons. The third-order valence-corrected chi connectivity index (χ3v) is 4.73. The van der Waals surface area contributed by atoms with Gasteiger partial charge >= 0.3 is 0 Å². The van der Waals surface area contributed by atoms with Crippen LogP contribution in [0.4, 0.5) is 5.82 Å². The highest BCUT2D eigenvalue weighted by molar-refractivity contribution is 5.88. The van der Waals surface area contributed by atoms with Crippen LogP contribution >= 0.6 is 0 Å². The second kappa shape index (κ2) is 8.75. The first-order valence-electron chi connectivity index (χ1n) is 9.05. The average molecular weight is 346 g/mol. The second-order valence-electron chi connectivity index (χ2n) is 6.65. The van der Waals surface area contributed by atoms with Gasteiger partial charge < -0.3 is 20.9 Å². The largest absolute Gasteiger partial charge is 0.354 e. The minimum absolute atomic E-state index is 0.0719. The number of aromatic nitrogens is 2. The van der Waals surface area contributed by atoms with E-state index < -0.39 is 6.04 Å². The van der Waals surface area contributed by atoms with Crippen molar-refractivity contribution in [3.63, 3.8) is 0 Å². The number of hydrogen-bond acceptors (Lipinski definition) is 6. The van der Waals surface area contributed by atoms with Gasteiger partial charge in [-0.25, -0.2) is 0 Å². The standard InChI is InChI=1S/C17H26N6O2/c24-16(21-14-6-1-2-8-18-17(14)25)11-19-13-5-4-10-23(12-13)15-7-3-9-20-22-15/h3,7,9,13-14,19H,1-2,4-6,8,10-12H2,(H,18,25)(H,21,24)/t13-,14+/m0/s1. The highest BCUT2D eigenvalue weighted by Gasteiger charge is 2.24. The van der Waals surface area contributed by atoms with Crippen LogP contribution < -0.4 is 20.9 Å². The third kappa shape index (κ3) is 5.12. The van der Waals surface area contributed by atoms with Crippen molar-refractivity contribution in [3.8, 4) is 0 Å². The fraction of sp³-hybridized carbons (Fsp3) is 0.647. The maximum Gasteiger partial charge on any atom is 0.242 e. The number of carbonyl (C=O) groups excluding carboxylic acids is 2. The van der Waals surface area contributed by atoms with Gasteiger partial charge in [-0.2, -0.15) is 5.10 Å². The Hall–Kier alpha value is -2.22. The first-order valence-corrected chi connectivity index (χ1v) is 9.05. The number of hydrogen-bond donors (Lipinski definition) is 3. The van der Waals surface area contributed by atoms with E-state index in [1.807, 2.05) is 12.1 Å². The third-order valence-electron chi connectivity index (χ3n) is 4.73. The Morgan fingerprint density at radius 2 is 2.24 bits per heavy atom. The summed E-state index contributed by atoms with van der Waals surface area (Å²) in [6.45, 7) is 2.67. The van der Waals surface area contributed by atoms with Gasteiger partial charge in [-0.3, -0.25) is 9.59 Å². The van der Waals surface area contributed by atoms with Crippen LogP contribution in [0.2, 0.25) is 0 Å². The smallest absolute Gasteiger partial charge is 0.242 e. The summed E-state index contributed by atoms with van der Waals surface area (Å²) in [6, 6.07) is 3.65. The van der Waals surface area contributed by atoms with Crippen LogP contribution in [0.3, 0.4) is 0 Å². The van der Waals surface area contributed by atoms with Crippen molar-refractivity contribution in [3.05, 3.63) is 18.3 Å². The maximum absolute atomic E-state index is 12.2. The van der Waals surface area contributed by atoms with E-state index in [1.54, 1.807) is 6.20 Å². The zero-order valence-electron chi connectivity index (χ0n) is 14.4. The number of piperidine rings is 1. The Balaban J connectivity index is 1.44. The number of rotatable bonds is 5. The van der Waals surface area contributed by atoms with Crippen LogP contribution in [-0.2, 0) is 9.59 Å². The lowest BCUT2D eigenvalue weighted by atomic mass is 10.1. The fourth-order valence-electron chi connectivity index (χ4n) is 3.37. The molecule has 0 unspecified atom stereocenters. The Labute approximate surface area is 147 Å². The summed E-state index contributed by atoms with van der Waals surface area (Å²) in [6.07, 6.45) is 6.36. The minimum atomic E-state index is -0.403. The first kappa shape index (κ1) is 17.6. The van der Waals surface area contributed by atoms with E-state index in [-0.39, 0.29) is 24.4 Å². The summed E-state index contributed by atoms with van der Waals surface area (Å²) in [4.78, 5) is 26.2. The molecule has 0 spiro atoms. The summed E-state index contributed by atoms with van der Waals surface area (Å²) in [5, 5.41) is 17.1. The number of anilines is 1. The van der Waals surface area contributed by atoms with Gasteiger partial charge in [0, 0.05) is 31.9 Å². The molecular weight excluding hydrogens is 320 g/mol. The SMILES string of the molecule is O=C(CN[C@H]1CCCN(c2cccnn2)C1)N[C@@H]1CCCCNC1=O. The normalized spacial score (nSPS) is 24.3. The molecule has 8 nitrogen and oxygen atoms in total. The van der Waals surface area contributed by atoms with Crippen LogP contribution in [0.25, 0.3) is 0 Å². The van der Waals surface area contributed by atoms with Crippen LogP contribution in [0.1, 0.15) is 32.1 Å². The van der Waals surface area contributed by atoms with E-state index in [9.17, 15) is 9.59 Å². The molecule has 136 valence electrons. The van der Waals surface area contributed by atoms with Crippen molar-refractivity contribution in [2.24, 2.45) is 0 Å². The number of carbonyl (C=O) groups is 2. The Morgan fingerprint density at radius 3 is 3.08 bits per heavy atom. The molecule has 0 bridgehead atoms. The Kier molecular flexibility index (Phi) is 6.16. The molecule has 2 saturated heterocycles. The van der Waals surface area contributed by atoms with Gasteiger partial charge in [-0.1, -0.05) is 0 Å². The predicted molar refractivity (Wildman–Crippen MR) is 94.1 cm³/mol. The van der Waals surface area contributed by atoms with Gasteiger partial charge in [0.2, 0.25) is 11.8 Å². The van der Waals surface area contributed by atoms with Crippen LogP contribution in [-0.4, -0.2) is 60.3 Å². The molecule has 2 fully saturated rings. The molecule has 0 saturated carbocycles. The van der Waals surface area contributed by atoms with Crippen LogP contribution in [0, 0.1) is 0 Å². The fourth-order valence-corrected chi connectivity index (χ4v) is 3.37. The van der Waals surface area contributed by atoms with Crippen LogP contribution in [0.5, 0.6) is 0 Å². The molecular formula is C17H26N6O2.